The molecule has 1 rings (SSSR count). The van der Waals surface area contributed by atoms with E-state index in [9.17, 15) is 19.7 Å². The van der Waals surface area contributed by atoms with E-state index in [1.807, 2.05) is 0 Å². The van der Waals surface area contributed by atoms with Crippen molar-refractivity contribution in [3.05, 3.63) is 32.5 Å². The average Bonchev–Trinajstić information content (AvgIpc) is 2.28. The number of Topliss-reactive ketones (excluding diaryl/α,β-unsaturated/α-hetero) is 1. The maximum Gasteiger partial charge on any atom is 0.375 e. The minimum absolute atomic E-state index is 0.0680. The van der Waals surface area contributed by atoms with Crippen LogP contribution in [0.4, 0.5) is 5.69 Å². The molecular formula is C10H9BrN2O5. The number of carbonyl (C=O) groups is 2. The molecule has 0 saturated carbocycles. The third-order valence-corrected chi connectivity index (χ3v) is 2.39. The third kappa shape index (κ3) is 3.59. The van der Waals surface area contributed by atoms with Crippen molar-refractivity contribution in [3.8, 4) is 0 Å². The summed E-state index contributed by atoms with van der Waals surface area (Å²) in [4.78, 5) is 36.5. The second-order valence-electron chi connectivity index (χ2n) is 3.18. The summed E-state index contributed by atoms with van der Waals surface area (Å²) in [5.74, 6) is -1.89. The summed E-state index contributed by atoms with van der Waals surface area (Å²) >= 11 is 3.04. The van der Waals surface area contributed by atoms with Crippen LogP contribution in [-0.4, -0.2) is 28.3 Å². The Morgan fingerprint density at radius 2 is 2.17 bits per heavy atom. The number of halogens is 1. The predicted octanol–water partition coefficient (Wildman–Crippen LogP) is 1.43. The van der Waals surface area contributed by atoms with Crippen LogP contribution < -0.4 is 0 Å². The zero-order chi connectivity index (χ0) is 13.7. The number of ether oxygens (including phenoxy) is 1. The number of nitrogens with zero attached hydrogens (tertiary/aromatic N) is 2. The van der Waals surface area contributed by atoms with Crippen LogP contribution >= 0.6 is 15.9 Å². The van der Waals surface area contributed by atoms with Gasteiger partial charge in [-0.05, 0) is 28.9 Å². The van der Waals surface area contributed by atoms with Gasteiger partial charge in [0.15, 0.2) is 0 Å². The molecule has 0 atom stereocenters. The number of carbonyl (C=O) groups excluding carboxylic acids is 2. The quantitative estimate of drug-likeness (QED) is 0.268. The highest BCUT2D eigenvalue weighted by molar-refractivity contribution is 9.10. The highest BCUT2D eigenvalue weighted by Gasteiger charge is 2.23. The molecule has 0 aliphatic heterocycles. The molecule has 0 aromatic carbocycles. The molecule has 1 aromatic rings. The van der Waals surface area contributed by atoms with E-state index in [-0.39, 0.29) is 18.0 Å². The van der Waals surface area contributed by atoms with Crippen molar-refractivity contribution >= 4 is 33.4 Å². The lowest BCUT2D eigenvalue weighted by atomic mass is 10.2. The molecule has 0 unspecified atom stereocenters. The van der Waals surface area contributed by atoms with Gasteiger partial charge in [0.05, 0.1) is 18.0 Å². The van der Waals surface area contributed by atoms with Crippen molar-refractivity contribution in [2.45, 2.75) is 13.3 Å². The van der Waals surface area contributed by atoms with E-state index in [2.05, 4.69) is 25.7 Å². The molecule has 0 N–H and O–H groups in total. The Balaban J connectivity index is 2.96. The SMILES string of the molecule is CCOC(=O)C(=O)Cc1nc(Br)ccc1[N+](=O)[O-]. The van der Waals surface area contributed by atoms with E-state index in [0.717, 1.165) is 0 Å². The van der Waals surface area contributed by atoms with Gasteiger partial charge >= 0.3 is 5.97 Å². The molecule has 1 heterocycles. The van der Waals surface area contributed by atoms with E-state index in [1.165, 1.54) is 12.1 Å². The first-order chi connectivity index (χ1) is 8.45. The maximum absolute atomic E-state index is 11.4. The van der Waals surface area contributed by atoms with Crippen LogP contribution in [-0.2, 0) is 20.7 Å². The normalized spacial score (nSPS) is 9.89. The minimum Gasteiger partial charge on any atom is -0.460 e. The Morgan fingerprint density at radius 1 is 1.50 bits per heavy atom. The summed E-state index contributed by atoms with van der Waals surface area (Å²) in [7, 11) is 0. The van der Waals surface area contributed by atoms with Crippen molar-refractivity contribution < 1.29 is 19.2 Å². The Kier molecular flexibility index (Phi) is 4.90. The van der Waals surface area contributed by atoms with E-state index in [1.54, 1.807) is 6.92 Å². The molecule has 8 heteroatoms. The van der Waals surface area contributed by atoms with Crippen LogP contribution in [0.5, 0.6) is 0 Å². The van der Waals surface area contributed by atoms with Crippen LogP contribution in [0.15, 0.2) is 16.7 Å². The van der Waals surface area contributed by atoms with Gasteiger partial charge in [-0.25, -0.2) is 9.78 Å². The van der Waals surface area contributed by atoms with Crippen molar-refractivity contribution in [2.75, 3.05) is 6.61 Å². The van der Waals surface area contributed by atoms with E-state index < -0.39 is 23.1 Å². The van der Waals surface area contributed by atoms with Crippen molar-refractivity contribution in [1.29, 1.82) is 0 Å². The predicted molar refractivity (Wildman–Crippen MR) is 63.9 cm³/mol. The van der Waals surface area contributed by atoms with Gasteiger partial charge < -0.3 is 4.74 Å². The van der Waals surface area contributed by atoms with E-state index in [4.69, 9.17) is 0 Å². The van der Waals surface area contributed by atoms with Crippen LogP contribution in [0.1, 0.15) is 12.6 Å². The first kappa shape index (κ1) is 14.2. The molecule has 0 saturated heterocycles. The standard InChI is InChI=1S/C10H9BrN2O5/c1-2-18-10(15)8(14)5-6-7(13(16)17)3-4-9(11)12-6/h3-4H,2,5H2,1H3. The monoisotopic (exact) mass is 316 g/mol. The van der Waals surface area contributed by atoms with Crippen LogP contribution in [0.2, 0.25) is 0 Å². The van der Waals surface area contributed by atoms with Gasteiger partial charge in [-0.15, -0.1) is 0 Å². The highest BCUT2D eigenvalue weighted by Crippen LogP contribution is 2.20. The first-order valence-corrected chi connectivity index (χ1v) is 5.74. The Morgan fingerprint density at radius 3 is 2.72 bits per heavy atom. The van der Waals surface area contributed by atoms with Gasteiger partial charge in [0.2, 0.25) is 5.78 Å². The molecule has 0 amide bonds. The average molecular weight is 317 g/mol. The van der Waals surface area contributed by atoms with Gasteiger partial charge in [0, 0.05) is 6.07 Å². The molecule has 0 radical (unpaired) electrons. The molecule has 0 aliphatic rings. The van der Waals surface area contributed by atoms with Crippen LogP contribution in [0.25, 0.3) is 0 Å². The lowest BCUT2D eigenvalue weighted by Gasteiger charge is -2.02. The lowest BCUT2D eigenvalue weighted by molar-refractivity contribution is -0.385. The van der Waals surface area contributed by atoms with E-state index in [0.29, 0.717) is 4.60 Å². The van der Waals surface area contributed by atoms with Crippen molar-refractivity contribution in [2.24, 2.45) is 0 Å². The number of aromatic nitrogens is 1. The molecule has 0 aliphatic carbocycles. The zero-order valence-corrected chi connectivity index (χ0v) is 11.0. The second-order valence-corrected chi connectivity index (χ2v) is 3.99. The fraction of sp³-hybridized carbons (Fsp3) is 0.300. The molecule has 18 heavy (non-hydrogen) atoms. The van der Waals surface area contributed by atoms with Gasteiger partial charge in [-0.3, -0.25) is 14.9 Å². The number of rotatable bonds is 5. The number of hydrogen-bond acceptors (Lipinski definition) is 6. The van der Waals surface area contributed by atoms with Crippen molar-refractivity contribution in [3.63, 3.8) is 0 Å². The summed E-state index contributed by atoms with van der Waals surface area (Å²) in [5.41, 5.74) is -0.386. The lowest BCUT2D eigenvalue weighted by Crippen LogP contribution is -2.20. The van der Waals surface area contributed by atoms with E-state index >= 15 is 0 Å². The Hall–Kier alpha value is -1.83. The summed E-state index contributed by atoms with van der Waals surface area (Å²) < 4.78 is 4.86. The Bertz CT molecular complexity index is 503. The largest absolute Gasteiger partial charge is 0.460 e. The molecular weight excluding hydrogens is 308 g/mol. The molecule has 0 bridgehead atoms. The number of esters is 1. The number of ketones is 1. The van der Waals surface area contributed by atoms with Crippen molar-refractivity contribution in [1.82, 2.24) is 4.98 Å². The maximum atomic E-state index is 11.4. The van der Waals surface area contributed by atoms with Gasteiger partial charge in [-0.1, -0.05) is 0 Å². The fourth-order valence-corrected chi connectivity index (χ4v) is 1.55. The summed E-state index contributed by atoms with van der Waals surface area (Å²) in [6.45, 7) is 1.63. The molecule has 0 spiro atoms. The van der Waals surface area contributed by atoms with Gasteiger partial charge in [-0.2, -0.15) is 0 Å². The summed E-state index contributed by atoms with van der Waals surface area (Å²) in [5, 5.41) is 10.7. The number of nitro groups is 1. The highest BCUT2D eigenvalue weighted by atomic mass is 79.9. The zero-order valence-electron chi connectivity index (χ0n) is 9.38. The van der Waals surface area contributed by atoms with Crippen LogP contribution in [0, 0.1) is 10.1 Å². The minimum atomic E-state index is -1.02. The van der Waals surface area contributed by atoms with Gasteiger partial charge in [0.25, 0.3) is 5.69 Å². The van der Waals surface area contributed by atoms with Crippen LogP contribution in [0.3, 0.4) is 0 Å². The van der Waals surface area contributed by atoms with Gasteiger partial charge in [0.1, 0.15) is 10.3 Å². The Labute approximate surface area is 110 Å². The molecule has 1 aromatic heterocycles. The first-order valence-electron chi connectivity index (χ1n) is 4.95. The summed E-state index contributed by atoms with van der Waals surface area (Å²) in [6, 6.07) is 2.60. The fourth-order valence-electron chi connectivity index (χ4n) is 1.20. The summed E-state index contributed by atoms with van der Waals surface area (Å²) in [6.07, 6.45) is -0.464. The number of pyridine rings is 1. The molecule has 96 valence electrons. The number of hydrogen-bond donors (Lipinski definition) is 0. The molecule has 0 fully saturated rings. The smallest absolute Gasteiger partial charge is 0.375 e. The molecule has 7 nitrogen and oxygen atoms in total. The second kappa shape index (κ2) is 6.20. The third-order valence-electron chi connectivity index (χ3n) is 1.94. The topological polar surface area (TPSA) is 99.4 Å².